The maximum Gasteiger partial charge on any atom is 0.305 e. The van der Waals surface area contributed by atoms with Gasteiger partial charge >= 0.3 is 5.97 Å². The van der Waals surface area contributed by atoms with Crippen molar-refractivity contribution in [1.29, 1.82) is 0 Å². The molecule has 0 heterocycles. The van der Waals surface area contributed by atoms with E-state index in [9.17, 15) is 44.7 Å². The van der Waals surface area contributed by atoms with E-state index in [0.717, 1.165) is 12.8 Å². The molecule has 1 rings (SSSR count). The van der Waals surface area contributed by atoms with Gasteiger partial charge in [-0.3, -0.25) is 19.2 Å². The van der Waals surface area contributed by atoms with Crippen molar-refractivity contribution in [2.45, 2.75) is 95.4 Å². The standard InChI is InChI=1S/C27H44N4O9/c1-4-5-11-17(28)25(38)30-19(12-15(2)3)26(39)31-20(14-32)22(35)23(36)24(37)27(40)29-18(13-21(33)34)16-9-7-6-8-10-16/h6-10,15,17-20,22-24,32,35-37H,4-5,11-14,28H2,1-3H3,(H,29,40)(H,30,38)(H,31,39)(H,33,34)/t17-,18-,19-,20-,22+,23+,24-/m0/s1. The number of nitrogens with one attached hydrogen (secondary N) is 3. The molecule has 13 heteroatoms. The second-order valence-electron chi connectivity index (χ2n) is 10.2. The molecule has 0 fully saturated rings. The van der Waals surface area contributed by atoms with Crippen LogP contribution in [-0.2, 0) is 19.2 Å². The molecule has 0 unspecified atom stereocenters. The summed E-state index contributed by atoms with van der Waals surface area (Å²) in [4.78, 5) is 49.4. The zero-order valence-electron chi connectivity index (χ0n) is 23.2. The molecule has 3 amide bonds. The summed E-state index contributed by atoms with van der Waals surface area (Å²) in [5.74, 6) is -3.71. The molecule has 0 saturated heterocycles. The minimum atomic E-state index is -2.23. The Morgan fingerprint density at radius 3 is 2.05 bits per heavy atom. The largest absolute Gasteiger partial charge is 0.481 e. The summed E-state index contributed by atoms with van der Waals surface area (Å²) >= 11 is 0. The Hall–Kier alpha value is -3.10. The van der Waals surface area contributed by atoms with Crippen LogP contribution in [0.25, 0.3) is 0 Å². The summed E-state index contributed by atoms with van der Waals surface area (Å²) in [6.07, 6.45) is -4.71. The lowest BCUT2D eigenvalue weighted by Crippen LogP contribution is -2.60. The van der Waals surface area contributed by atoms with E-state index in [1.807, 2.05) is 20.8 Å². The van der Waals surface area contributed by atoms with Crippen LogP contribution in [0.15, 0.2) is 30.3 Å². The number of aliphatic hydroxyl groups is 4. The van der Waals surface area contributed by atoms with Crippen LogP contribution in [0.1, 0.15) is 64.5 Å². The number of amides is 3. The number of carbonyl (C=O) groups excluding carboxylic acids is 3. The van der Waals surface area contributed by atoms with Crippen molar-refractivity contribution in [2.75, 3.05) is 6.61 Å². The van der Waals surface area contributed by atoms with Crippen LogP contribution >= 0.6 is 0 Å². The van der Waals surface area contributed by atoms with Crippen molar-refractivity contribution >= 4 is 23.7 Å². The normalized spacial score (nSPS) is 16.6. The molecule has 1 aromatic rings. The second kappa shape index (κ2) is 17.6. The third-order valence-corrected chi connectivity index (χ3v) is 6.32. The van der Waals surface area contributed by atoms with Crippen LogP contribution < -0.4 is 21.7 Å². The third kappa shape index (κ3) is 11.6. The van der Waals surface area contributed by atoms with Crippen LogP contribution in [0, 0.1) is 5.92 Å². The first-order valence-electron chi connectivity index (χ1n) is 13.4. The molecule has 1 aromatic carbocycles. The van der Waals surface area contributed by atoms with Gasteiger partial charge in [0.25, 0.3) is 5.91 Å². The van der Waals surface area contributed by atoms with E-state index < -0.39 is 79.2 Å². The van der Waals surface area contributed by atoms with Crippen LogP contribution in [0.3, 0.4) is 0 Å². The summed E-state index contributed by atoms with van der Waals surface area (Å²) in [7, 11) is 0. The van der Waals surface area contributed by atoms with Gasteiger partial charge in [0.1, 0.15) is 18.2 Å². The molecule has 0 radical (unpaired) electrons. The van der Waals surface area contributed by atoms with Gasteiger partial charge in [-0.15, -0.1) is 0 Å². The van der Waals surface area contributed by atoms with Crippen molar-refractivity contribution in [3.63, 3.8) is 0 Å². The molecule has 13 nitrogen and oxygen atoms in total. The number of nitrogens with two attached hydrogens (primary N) is 1. The molecule has 0 aliphatic carbocycles. The minimum absolute atomic E-state index is 0.0279. The number of benzene rings is 1. The van der Waals surface area contributed by atoms with Gasteiger partial charge in [-0.1, -0.05) is 63.9 Å². The summed E-state index contributed by atoms with van der Waals surface area (Å²) in [6, 6.07) is 3.67. The second-order valence-corrected chi connectivity index (χ2v) is 10.2. The molecule has 0 aliphatic rings. The number of aliphatic carboxylic acids is 1. The Morgan fingerprint density at radius 2 is 1.52 bits per heavy atom. The SMILES string of the molecule is CCCC[C@H](N)C(=O)N[C@@H](CC(C)C)C(=O)N[C@@H](CO)[C@@H](O)[C@@H](O)[C@H](O)C(=O)N[C@@H](CC(=O)O)c1ccccc1. The summed E-state index contributed by atoms with van der Waals surface area (Å²) in [6.45, 7) is 4.73. The topological polar surface area (TPSA) is 232 Å². The smallest absolute Gasteiger partial charge is 0.305 e. The zero-order valence-corrected chi connectivity index (χ0v) is 23.2. The predicted molar refractivity (Wildman–Crippen MR) is 146 cm³/mol. The molecule has 7 atom stereocenters. The molecule has 0 spiro atoms. The number of rotatable bonds is 18. The number of hydrogen-bond acceptors (Lipinski definition) is 9. The highest BCUT2D eigenvalue weighted by atomic mass is 16.4. The van der Waals surface area contributed by atoms with E-state index >= 15 is 0 Å². The lowest BCUT2D eigenvalue weighted by atomic mass is 9.98. The number of carboxylic acids is 1. The van der Waals surface area contributed by atoms with E-state index in [1.54, 1.807) is 30.3 Å². The molecule has 40 heavy (non-hydrogen) atoms. The lowest BCUT2D eigenvalue weighted by molar-refractivity contribution is -0.145. The van der Waals surface area contributed by atoms with Gasteiger partial charge in [-0.25, -0.2) is 0 Å². The third-order valence-electron chi connectivity index (χ3n) is 6.32. The highest BCUT2D eigenvalue weighted by Gasteiger charge is 2.37. The molecule has 0 saturated carbocycles. The number of carbonyl (C=O) groups is 4. The van der Waals surface area contributed by atoms with Crippen LogP contribution in [0.4, 0.5) is 0 Å². The number of hydrogen-bond donors (Lipinski definition) is 9. The van der Waals surface area contributed by atoms with Crippen LogP contribution in [0.2, 0.25) is 0 Å². The number of aliphatic hydroxyl groups excluding tert-OH is 4. The van der Waals surface area contributed by atoms with Crippen molar-refractivity contribution in [3.8, 4) is 0 Å². The Kier molecular flexibility index (Phi) is 15.3. The fourth-order valence-electron chi connectivity index (χ4n) is 4.01. The van der Waals surface area contributed by atoms with Crippen molar-refractivity contribution in [3.05, 3.63) is 35.9 Å². The minimum Gasteiger partial charge on any atom is -0.481 e. The van der Waals surface area contributed by atoms with E-state index in [-0.39, 0.29) is 12.3 Å². The van der Waals surface area contributed by atoms with Gasteiger partial charge in [0.15, 0.2) is 6.10 Å². The van der Waals surface area contributed by atoms with Crippen molar-refractivity contribution in [2.24, 2.45) is 11.7 Å². The first kappa shape index (κ1) is 34.9. The summed E-state index contributed by atoms with van der Waals surface area (Å²) in [5.41, 5.74) is 6.34. The van der Waals surface area contributed by atoms with Gasteiger partial charge in [-0.2, -0.15) is 0 Å². The highest BCUT2D eigenvalue weighted by molar-refractivity contribution is 5.90. The van der Waals surface area contributed by atoms with Crippen molar-refractivity contribution < 1.29 is 44.7 Å². The average molecular weight is 569 g/mol. The highest BCUT2D eigenvalue weighted by Crippen LogP contribution is 2.18. The van der Waals surface area contributed by atoms with Gasteiger partial charge in [-0.05, 0) is 24.3 Å². The Bertz CT molecular complexity index is 947. The molecule has 0 aromatic heterocycles. The summed E-state index contributed by atoms with van der Waals surface area (Å²) in [5, 5.41) is 57.8. The van der Waals surface area contributed by atoms with Gasteiger partial charge < -0.3 is 47.2 Å². The van der Waals surface area contributed by atoms with Gasteiger partial charge in [0, 0.05) is 0 Å². The lowest BCUT2D eigenvalue weighted by Gasteiger charge is -2.31. The molecule has 0 aliphatic heterocycles. The quantitative estimate of drug-likeness (QED) is 0.104. The van der Waals surface area contributed by atoms with E-state index in [2.05, 4.69) is 16.0 Å². The van der Waals surface area contributed by atoms with Gasteiger partial charge in [0.2, 0.25) is 11.8 Å². The molecular formula is C27H44N4O9. The fraction of sp³-hybridized carbons (Fsp3) is 0.630. The Morgan fingerprint density at radius 1 is 0.900 bits per heavy atom. The van der Waals surface area contributed by atoms with Gasteiger partial charge in [0.05, 0.1) is 31.2 Å². The maximum absolute atomic E-state index is 13.0. The van der Waals surface area contributed by atoms with E-state index in [0.29, 0.717) is 12.0 Å². The van der Waals surface area contributed by atoms with Crippen LogP contribution in [0.5, 0.6) is 0 Å². The first-order valence-corrected chi connectivity index (χ1v) is 13.4. The number of carboxylic acid groups (broad SMARTS) is 1. The molecule has 10 N–H and O–H groups in total. The Balaban J connectivity index is 2.93. The maximum atomic E-state index is 13.0. The van der Waals surface area contributed by atoms with Crippen LogP contribution in [-0.4, -0.2) is 92.3 Å². The Labute approximate surface area is 234 Å². The first-order chi connectivity index (χ1) is 18.8. The van der Waals surface area contributed by atoms with E-state index in [1.165, 1.54) is 0 Å². The molecule has 0 bridgehead atoms. The zero-order chi connectivity index (χ0) is 30.4. The van der Waals surface area contributed by atoms with E-state index in [4.69, 9.17) is 5.73 Å². The molecular weight excluding hydrogens is 524 g/mol. The number of unbranched alkanes of at least 4 members (excludes halogenated alkanes) is 1. The predicted octanol–water partition coefficient (Wildman–Crippen LogP) is -1.07. The van der Waals surface area contributed by atoms with Crippen molar-refractivity contribution in [1.82, 2.24) is 16.0 Å². The monoisotopic (exact) mass is 568 g/mol. The fourth-order valence-corrected chi connectivity index (χ4v) is 4.01. The average Bonchev–Trinajstić information content (AvgIpc) is 2.92. The summed E-state index contributed by atoms with van der Waals surface area (Å²) < 4.78 is 0. The molecule has 226 valence electrons.